The van der Waals surface area contributed by atoms with E-state index in [1.54, 1.807) is 0 Å². The third-order valence-corrected chi connectivity index (χ3v) is 3.59. The number of oxime groups is 1. The first-order valence-corrected chi connectivity index (χ1v) is 5.74. The lowest BCUT2D eigenvalue weighted by atomic mass is 9.69. The molecule has 1 saturated carbocycles. The molecule has 2 heteroatoms. The minimum Gasteiger partial charge on any atom is -0.411 e. The summed E-state index contributed by atoms with van der Waals surface area (Å²) < 4.78 is 0. The summed E-state index contributed by atoms with van der Waals surface area (Å²) >= 11 is 0. The van der Waals surface area contributed by atoms with Gasteiger partial charge in [0.25, 0.3) is 0 Å². The Morgan fingerprint density at radius 1 is 1.29 bits per heavy atom. The Labute approximate surface area is 87.4 Å². The molecule has 1 N–H and O–H groups in total. The molecule has 0 aliphatic heterocycles. The summed E-state index contributed by atoms with van der Waals surface area (Å²) in [6, 6.07) is 0. The largest absolute Gasteiger partial charge is 0.411 e. The average molecular weight is 197 g/mol. The van der Waals surface area contributed by atoms with Crippen LogP contribution in [0.2, 0.25) is 0 Å². The average Bonchev–Trinajstić information content (AvgIpc) is 2.18. The van der Waals surface area contributed by atoms with Crippen LogP contribution >= 0.6 is 0 Å². The van der Waals surface area contributed by atoms with E-state index in [0.717, 1.165) is 18.1 Å². The van der Waals surface area contributed by atoms with Crippen molar-refractivity contribution in [1.82, 2.24) is 0 Å². The van der Waals surface area contributed by atoms with E-state index in [9.17, 15) is 0 Å². The van der Waals surface area contributed by atoms with Crippen molar-refractivity contribution in [2.45, 2.75) is 59.3 Å². The predicted molar refractivity (Wildman–Crippen MR) is 59.9 cm³/mol. The van der Waals surface area contributed by atoms with E-state index in [4.69, 9.17) is 5.21 Å². The summed E-state index contributed by atoms with van der Waals surface area (Å²) in [6.45, 7) is 6.51. The molecule has 0 amide bonds. The Morgan fingerprint density at radius 3 is 2.36 bits per heavy atom. The molecule has 82 valence electrons. The van der Waals surface area contributed by atoms with Crippen molar-refractivity contribution in [3.63, 3.8) is 0 Å². The Hall–Kier alpha value is -0.530. The van der Waals surface area contributed by atoms with Gasteiger partial charge in [0, 0.05) is 0 Å². The van der Waals surface area contributed by atoms with E-state index in [-0.39, 0.29) is 0 Å². The SMILES string of the molecule is C/C(CC(C)(C)C1CCCCC1)=N/O. The number of nitrogens with zero attached hydrogens (tertiary/aromatic N) is 1. The quantitative estimate of drug-likeness (QED) is 0.416. The Balaban J connectivity index is 2.53. The van der Waals surface area contributed by atoms with Crippen molar-refractivity contribution >= 4 is 5.71 Å². The fourth-order valence-electron chi connectivity index (χ4n) is 2.72. The fourth-order valence-corrected chi connectivity index (χ4v) is 2.72. The molecule has 0 aromatic heterocycles. The van der Waals surface area contributed by atoms with Gasteiger partial charge in [-0.3, -0.25) is 0 Å². The van der Waals surface area contributed by atoms with Gasteiger partial charge in [-0.1, -0.05) is 38.3 Å². The van der Waals surface area contributed by atoms with E-state index < -0.39 is 0 Å². The standard InChI is InChI=1S/C12H23NO/c1-10(13-14)9-12(2,3)11-7-5-4-6-8-11/h11,14H,4-9H2,1-3H3/b13-10-. The third-order valence-electron chi connectivity index (χ3n) is 3.59. The van der Waals surface area contributed by atoms with Crippen LogP contribution in [0.4, 0.5) is 0 Å². The zero-order valence-corrected chi connectivity index (χ0v) is 9.71. The van der Waals surface area contributed by atoms with Gasteiger partial charge in [0.2, 0.25) is 0 Å². The highest BCUT2D eigenvalue weighted by Crippen LogP contribution is 2.40. The molecular weight excluding hydrogens is 174 g/mol. The van der Waals surface area contributed by atoms with Gasteiger partial charge in [0.1, 0.15) is 0 Å². The lowest BCUT2D eigenvalue weighted by molar-refractivity contribution is 0.164. The summed E-state index contributed by atoms with van der Waals surface area (Å²) in [7, 11) is 0. The van der Waals surface area contributed by atoms with Crippen molar-refractivity contribution in [3.8, 4) is 0 Å². The molecule has 1 aliphatic rings. The highest BCUT2D eigenvalue weighted by Gasteiger charge is 2.30. The van der Waals surface area contributed by atoms with Crippen LogP contribution in [-0.2, 0) is 0 Å². The molecule has 1 rings (SSSR count). The second-order valence-electron chi connectivity index (χ2n) is 5.34. The number of hydrogen-bond donors (Lipinski definition) is 1. The van der Waals surface area contributed by atoms with Crippen LogP contribution in [0.25, 0.3) is 0 Å². The molecule has 0 aromatic carbocycles. The molecule has 1 fully saturated rings. The lowest BCUT2D eigenvalue weighted by Gasteiger charge is -2.36. The van der Waals surface area contributed by atoms with Crippen LogP contribution in [0, 0.1) is 11.3 Å². The van der Waals surface area contributed by atoms with Crippen molar-refractivity contribution in [3.05, 3.63) is 0 Å². The van der Waals surface area contributed by atoms with E-state index in [1.165, 1.54) is 32.1 Å². The first kappa shape index (κ1) is 11.5. The maximum Gasteiger partial charge on any atom is 0.0545 e. The minimum absolute atomic E-state index is 0.302. The van der Waals surface area contributed by atoms with Crippen molar-refractivity contribution in [2.24, 2.45) is 16.5 Å². The molecule has 0 saturated heterocycles. The Bertz CT molecular complexity index is 202. The Morgan fingerprint density at radius 2 is 1.86 bits per heavy atom. The lowest BCUT2D eigenvalue weighted by Crippen LogP contribution is -2.28. The topological polar surface area (TPSA) is 32.6 Å². The molecule has 0 unspecified atom stereocenters. The van der Waals surface area contributed by atoms with Crippen molar-refractivity contribution in [1.29, 1.82) is 0 Å². The summed E-state index contributed by atoms with van der Waals surface area (Å²) in [4.78, 5) is 0. The highest BCUT2D eigenvalue weighted by atomic mass is 16.4. The van der Waals surface area contributed by atoms with E-state index in [2.05, 4.69) is 19.0 Å². The van der Waals surface area contributed by atoms with Gasteiger partial charge in [-0.15, -0.1) is 0 Å². The summed E-state index contributed by atoms with van der Waals surface area (Å²) in [5.74, 6) is 0.813. The van der Waals surface area contributed by atoms with Crippen LogP contribution in [-0.4, -0.2) is 10.9 Å². The Kier molecular flexibility index (Phi) is 3.97. The second-order valence-corrected chi connectivity index (χ2v) is 5.34. The first-order valence-electron chi connectivity index (χ1n) is 5.74. The fraction of sp³-hybridized carbons (Fsp3) is 0.917. The molecule has 0 bridgehead atoms. The van der Waals surface area contributed by atoms with Crippen LogP contribution in [0.3, 0.4) is 0 Å². The molecule has 0 atom stereocenters. The zero-order chi connectivity index (χ0) is 10.6. The van der Waals surface area contributed by atoms with Crippen LogP contribution in [0.5, 0.6) is 0 Å². The molecular formula is C12H23NO. The molecule has 1 aliphatic carbocycles. The molecule has 0 spiro atoms. The smallest absolute Gasteiger partial charge is 0.0545 e. The van der Waals surface area contributed by atoms with Gasteiger partial charge in [-0.05, 0) is 37.5 Å². The van der Waals surface area contributed by atoms with Gasteiger partial charge >= 0.3 is 0 Å². The van der Waals surface area contributed by atoms with Crippen molar-refractivity contribution < 1.29 is 5.21 Å². The number of hydrogen-bond acceptors (Lipinski definition) is 2. The predicted octanol–water partition coefficient (Wildman–Crippen LogP) is 3.83. The maximum atomic E-state index is 8.68. The van der Waals surface area contributed by atoms with E-state index in [0.29, 0.717) is 5.41 Å². The monoisotopic (exact) mass is 197 g/mol. The second kappa shape index (κ2) is 4.81. The molecule has 2 nitrogen and oxygen atoms in total. The molecule has 0 radical (unpaired) electrons. The number of rotatable bonds is 3. The first-order chi connectivity index (χ1) is 6.56. The molecule has 14 heavy (non-hydrogen) atoms. The highest BCUT2D eigenvalue weighted by molar-refractivity contribution is 5.81. The summed E-state index contributed by atoms with van der Waals surface area (Å²) in [5, 5.41) is 12.0. The summed E-state index contributed by atoms with van der Waals surface area (Å²) in [6.07, 6.45) is 7.79. The van der Waals surface area contributed by atoms with Crippen molar-refractivity contribution in [2.75, 3.05) is 0 Å². The summed E-state index contributed by atoms with van der Waals surface area (Å²) in [5.41, 5.74) is 1.16. The van der Waals surface area contributed by atoms with Gasteiger partial charge in [0.15, 0.2) is 0 Å². The zero-order valence-electron chi connectivity index (χ0n) is 9.71. The van der Waals surface area contributed by atoms with Crippen LogP contribution < -0.4 is 0 Å². The van der Waals surface area contributed by atoms with Gasteiger partial charge in [-0.2, -0.15) is 0 Å². The normalized spacial score (nSPS) is 21.2. The third kappa shape index (κ3) is 3.00. The van der Waals surface area contributed by atoms with Gasteiger partial charge in [-0.25, -0.2) is 0 Å². The van der Waals surface area contributed by atoms with Crippen LogP contribution in [0.15, 0.2) is 5.16 Å². The van der Waals surface area contributed by atoms with Gasteiger partial charge in [0.05, 0.1) is 5.71 Å². The van der Waals surface area contributed by atoms with Gasteiger partial charge < -0.3 is 5.21 Å². The molecule has 0 aromatic rings. The molecule has 0 heterocycles. The minimum atomic E-state index is 0.302. The van der Waals surface area contributed by atoms with E-state index >= 15 is 0 Å². The van der Waals surface area contributed by atoms with E-state index in [1.807, 2.05) is 6.92 Å². The van der Waals surface area contributed by atoms with Crippen LogP contribution in [0.1, 0.15) is 59.3 Å². The maximum absolute atomic E-state index is 8.68.